The minimum atomic E-state index is -2.06. The second-order valence-corrected chi connectivity index (χ2v) is 8.94. The lowest BCUT2D eigenvalue weighted by Gasteiger charge is -2.37. The number of ether oxygens (including phenoxy) is 4. The Bertz CT molecular complexity index is 641. The van der Waals surface area contributed by atoms with Crippen LogP contribution in [0.3, 0.4) is 0 Å². The Balaban J connectivity index is 2.63. The van der Waals surface area contributed by atoms with Gasteiger partial charge in [0.05, 0.1) is 6.42 Å². The van der Waals surface area contributed by atoms with Crippen LogP contribution in [0.1, 0.15) is 67.2 Å². The summed E-state index contributed by atoms with van der Waals surface area (Å²) in [5, 5.41) is 10.5. The molecule has 1 aliphatic rings. The molecule has 1 aliphatic carbocycles. The zero-order chi connectivity index (χ0) is 23.8. The van der Waals surface area contributed by atoms with Crippen LogP contribution in [0.2, 0.25) is 0 Å². The molecule has 9 heteroatoms. The first kappa shape index (κ1) is 26.9. The summed E-state index contributed by atoms with van der Waals surface area (Å²) in [4.78, 5) is 46.8. The first-order valence-electron chi connectivity index (χ1n) is 10.7. The summed E-state index contributed by atoms with van der Waals surface area (Å²) >= 11 is 0. The summed E-state index contributed by atoms with van der Waals surface area (Å²) < 4.78 is 20.3. The maximum Gasteiger partial charge on any atom is 0.338 e. The highest BCUT2D eigenvalue weighted by Gasteiger charge is 2.40. The third kappa shape index (κ3) is 9.67. The predicted octanol–water partition coefficient (Wildman–Crippen LogP) is 2.17. The van der Waals surface area contributed by atoms with Crippen molar-refractivity contribution in [2.24, 2.45) is 17.8 Å². The van der Waals surface area contributed by atoms with Crippen LogP contribution in [0.5, 0.6) is 0 Å². The Morgan fingerprint density at radius 3 is 2.19 bits per heavy atom. The van der Waals surface area contributed by atoms with Crippen LogP contribution >= 0.6 is 0 Å². The van der Waals surface area contributed by atoms with Gasteiger partial charge in [-0.2, -0.15) is 0 Å². The standard InChI is InChI=1S/C22H36O9/c1-13(2)18-8-7-14(3)9-19(18)31-21(26)22(6,27)10-20(25)29-12-17(30-16(5)24)11-28-15(4)23/h13-14,17-19,27H,7-12H2,1-6H3/t14-,17?,18?,19?,22+/m1/s1. The number of esters is 4. The molecule has 1 saturated carbocycles. The average Bonchev–Trinajstić information content (AvgIpc) is 2.62. The van der Waals surface area contributed by atoms with Crippen molar-refractivity contribution in [3.63, 3.8) is 0 Å². The van der Waals surface area contributed by atoms with E-state index in [1.54, 1.807) is 0 Å². The molecule has 1 N–H and O–H groups in total. The van der Waals surface area contributed by atoms with Crippen molar-refractivity contribution < 1.29 is 43.2 Å². The van der Waals surface area contributed by atoms with Gasteiger partial charge in [0.15, 0.2) is 11.7 Å². The molecule has 0 radical (unpaired) electrons. The van der Waals surface area contributed by atoms with Crippen LogP contribution in [-0.2, 0) is 38.1 Å². The van der Waals surface area contributed by atoms with E-state index in [-0.39, 0.29) is 25.2 Å². The number of carbonyl (C=O) groups is 4. The first-order valence-corrected chi connectivity index (χ1v) is 10.7. The quantitative estimate of drug-likeness (QED) is 0.398. The molecule has 31 heavy (non-hydrogen) atoms. The SMILES string of the molecule is CC(=O)OCC(COC(=O)C[C@](C)(O)C(=O)OC1C[C@H](C)CCC1C(C)C)OC(C)=O. The molecule has 1 fully saturated rings. The number of hydrogen-bond donors (Lipinski definition) is 1. The fourth-order valence-electron chi connectivity index (χ4n) is 3.67. The maximum absolute atomic E-state index is 12.6. The van der Waals surface area contributed by atoms with Gasteiger partial charge in [0.25, 0.3) is 0 Å². The van der Waals surface area contributed by atoms with Gasteiger partial charge in [0.2, 0.25) is 0 Å². The molecule has 0 saturated heterocycles. The zero-order valence-corrected chi connectivity index (χ0v) is 19.3. The van der Waals surface area contributed by atoms with Gasteiger partial charge in [-0.25, -0.2) is 4.79 Å². The van der Waals surface area contributed by atoms with E-state index >= 15 is 0 Å². The van der Waals surface area contributed by atoms with Crippen molar-refractivity contribution >= 4 is 23.9 Å². The molecule has 5 atom stereocenters. The summed E-state index contributed by atoms with van der Waals surface area (Å²) in [6.45, 7) is 9.15. The Morgan fingerprint density at radius 1 is 1.03 bits per heavy atom. The zero-order valence-electron chi connectivity index (χ0n) is 19.3. The highest BCUT2D eigenvalue weighted by Crippen LogP contribution is 2.36. The topological polar surface area (TPSA) is 125 Å². The van der Waals surface area contributed by atoms with Crippen molar-refractivity contribution in [3.05, 3.63) is 0 Å². The van der Waals surface area contributed by atoms with Crippen molar-refractivity contribution in [1.29, 1.82) is 0 Å². The van der Waals surface area contributed by atoms with E-state index in [1.807, 2.05) is 0 Å². The van der Waals surface area contributed by atoms with Gasteiger partial charge >= 0.3 is 23.9 Å². The van der Waals surface area contributed by atoms with Crippen LogP contribution < -0.4 is 0 Å². The highest BCUT2D eigenvalue weighted by molar-refractivity contribution is 5.85. The fourth-order valence-corrected chi connectivity index (χ4v) is 3.67. The molecular formula is C22H36O9. The van der Waals surface area contributed by atoms with Gasteiger partial charge in [-0.1, -0.05) is 27.2 Å². The fraction of sp³-hybridized carbons (Fsp3) is 0.818. The van der Waals surface area contributed by atoms with Crippen LogP contribution in [0.15, 0.2) is 0 Å². The second kappa shape index (κ2) is 12.0. The largest absolute Gasteiger partial charge is 0.462 e. The Kier molecular flexibility index (Phi) is 10.4. The Hall–Kier alpha value is -2.16. The molecule has 0 aromatic carbocycles. The second-order valence-electron chi connectivity index (χ2n) is 8.94. The van der Waals surface area contributed by atoms with E-state index in [2.05, 4.69) is 20.8 Å². The summed E-state index contributed by atoms with van der Waals surface area (Å²) in [6.07, 6.45) is 0.807. The van der Waals surface area contributed by atoms with Gasteiger partial charge < -0.3 is 24.1 Å². The van der Waals surface area contributed by atoms with E-state index in [1.165, 1.54) is 20.8 Å². The lowest BCUT2D eigenvalue weighted by atomic mass is 9.75. The van der Waals surface area contributed by atoms with Gasteiger partial charge in [0.1, 0.15) is 19.3 Å². The van der Waals surface area contributed by atoms with E-state index < -0.39 is 42.0 Å². The number of hydrogen-bond acceptors (Lipinski definition) is 9. The van der Waals surface area contributed by atoms with Crippen LogP contribution in [0, 0.1) is 17.8 Å². The average molecular weight is 445 g/mol. The van der Waals surface area contributed by atoms with Crippen molar-refractivity contribution in [2.45, 2.75) is 85.0 Å². The molecule has 178 valence electrons. The van der Waals surface area contributed by atoms with Gasteiger partial charge in [-0.3, -0.25) is 14.4 Å². The number of carbonyl (C=O) groups excluding carboxylic acids is 4. The molecule has 0 amide bonds. The van der Waals surface area contributed by atoms with Crippen molar-refractivity contribution in [2.75, 3.05) is 13.2 Å². The van der Waals surface area contributed by atoms with E-state index in [0.29, 0.717) is 11.8 Å². The van der Waals surface area contributed by atoms with E-state index in [4.69, 9.17) is 18.9 Å². The van der Waals surface area contributed by atoms with Gasteiger partial charge in [-0.15, -0.1) is 0 Å². The third-order valence-corrected chi connectivity index (χ3v) is 5.38. The predicted molar refractivity (Wildman–Crippen MR) is 110 cm³/mol. The van der Waals surface area contributed by atoms with Crippen LogP contribution in [-0.4, -0.2) is 60.0 Å². The normalized spacial score (nSPS) is 23.9. The van der Waals surface area contributed by atoms with Crippen LogP contribution in [0.25, 0.3) is 0 Å². The molecule has 0 heterocycles. The summed E-state index contributed by atoms with van der Waals surface area (Å²) in [5.74, 6) is -2.01. The molecule has 0 spiro atoms. The lowest BCUT2D eigenvalue weighted by molar-refractivity contribution is -0.182. The summed E-state index contributed by atoms with van der Waals surface area (Å²) in [7, 11) is 0. The minimum Gasteiger partial charge on any atom is -0.462 e. The monoisotopic (exact) mass is 444 g/mol. The number of rotatable bonds is 10. The minimum absolute atomic E-state index is 0.202. The first-order chi connectivity index (χ1) is 14.3. The third-order valence-electron chi connectivity index (χ3n) is 5.38. The molecule has 1 rings (SSSR count). The molecule has 0 aliphatic heterocycles. The molecule has 0 aromatic heterocycles. The molecule has 0 bridgehead atoms. The van der Waals surface area contributed by atoms with Gasteiger partial charge in [0, 0.05) is 13.8 Å². The lowest BCUT2D eigenvalue weighted by Crippen LogP contribution is -2.45. The highest BCUT2D eigenvalue weighted by atomic mass is 16.6. The summed E-state index contributed by atoms with van der Waals surface area (Å²) in [6, 6.07) is 0. The van der Waals surface area contributed by atoms with Crippen molar-refractivity contribution in [3.8, 4) is 0 Å². The summed E-state index contributed by atoms with van der Waals surface area (Å²) in [5.41, 5.74) is -2.06. The van der Waals surface area contributed by atoms with Crippen LogP contribution in [0.4, 0.5) is 0 Å². The molecule has 3 unspecified atom stereocenters. The molecule has 9 nitrogen and oxygen atoms in total. The Labute approximate surface area is 183 Å². The van der Waals surface area contributed by atoms with Gasteiger partial charge in [-0.05, 0) is 37.5 Å². The van der Waals surface area contributed by atoms with E-state index in [9.17, 15) is 24.3 Å². The Morgan fingerprint density at radius 2 is 1.65 bits per heavy atom. The molecule has 0 aromatic rings. The van der Waals surface area contributed by atoms with E-state index in [0.717, 1.165) is 19.3 Å². The smallest absolute Gasteiger partial charge is 0.338 e. The maximum atomic E-state index is 12.6. The molecular weight excluding hydrogens is 408 g/mol. The van der Waals surface area contributed by atoms with Crippen molar-refractivity contribution in [1.82, 2.24) is 0 Å². The number of aliphatic hydroxyl groups is 1.